The van der Waals surface area contributed by atoms with E-state index < -0.39 is 0 Å². The number of carbonyl (C=O) groups is 1. The molecule has 0 aromatic heterocycles. The lowest BCUT2D eigenvalue weighted by Gasteiger charge is -2.32. The summed E-state index contributed by atoms with van der Waals surface area (Å²) in [6, 6.07) is 0.182. The van der Waals surface area contributed by atoms with Crippen molar-refractivity contribution in [2.75, 3.05) is 7.05 Å². The number of nitrogens with zero attached hydrogens (tertiary/aromatic N) is 1. The van der Waals surface area contributed by atoms with Gasteiger partial charge in [-0.2, -0.15) is 0 Å². The molecule has 1 amide bonds. The lowest BCUT2D eigenvalue weighted by atomic mass is 9.85. The van der Waals surface area contributed by atoms with Crippen molar-refractivity contribution in [3.05, 3.63) is 0 Å². The van der Waals surface area contributed by atoms with Crippen LogP contribution in [0, 0.1) is 11.3 Å². The Balaban J connectivity index is 4.37. The van der Waals surface area contributed by atoms with E-state index in [0.29, 0.717) is 12.3 Å². The molecule has 0 aromatic rings. The molecule has 2 unspecified atom stereocenters. The summed E-state index contributed by atoms with van der Waals surface area (Å²) in [7, 11) is 1.86. The molecule has 96 valence electrons. The van der Waals surface area contributed by atoms with Gasteiger partial charge >= 0.3 is 0 Å². The van der Waals surface area contributed by atoms with Gasteiger partial charge in [0.25, 0.3) is 0 Å². The molecule has 2 atom stereocenters. The first-order valence-corrected chi connectivity index (χ1v) is 6.08. The van der Waals surface area contributed by atoms with Crippen LogP contribution in [0.1, 0.15) is 48.0 Å². The van der Waals surface area contributed by atoms with Gasteiger partial charge in [0.2, 0.25) is 5.91 Å². The molecule has 3 heteroatoms. The predicted octanol–water partition coefficient (Wildman–Crippen LogP) is 2.25. The van der Waals surface area contributed by atoms with E-state index in [0.717, 1.165) is 0 Å². The topological polar surface area (TPSA) is 46.3 Å². The molecule has 0 aliphatic heterocycles. The van der Waals surface area contributed by atoms with Crippen molar-refractivity contribution in [3.63, 3.8) is 0 Å². The summed E-state index contributed by atoms with van der Waals surface area (Å²) >= 11 is 0. The predicted molar refractivity (Wildman–Crippen MR) is 69.1 cm³/mol. The first-order valence-electron chi connectivity index (χ1n) is 6.08. The maximum Gasteiger partial charge on any atom is 0.224 e. The Morgan fingerprint density at radius 1 is 1.25 bits per heavy atom. The number of carbonyl (C=O) groups excluding carboxylic acids is 1. The number of rotatable bonds is 4. The molecule has 0 aliphatic rings. The van der Waals surface area contributed by atoms with Gasteiger partial charge in [-0.3, -0.25) is 4.79 Å². The van der Waals surface area contributed by atoms with Crippen LogP contribution in [0.5, 0.6) is 0 Å². The average molecular weight is 228 g/mol. The summed E-state index contributed by atoms with van der Waals surface area (Å²) in [4.78, 5) is 13.8. The molecule has 0 fully saturated rings. The zero-order valence-corrected chi connectivity index (χ0v) is 11.9. The molecule has 0 aliphatic carbocycles. The molecule has 0 spiro atoms. The van der Waals surface area contributed by atoms with Gasteiger partial charge in [0.05, 0.1) is 0 Å². The van der Waals surface area contributed by atoms with Crippen molar-refractivity contribution in [2.45, 2.75) is 60.0 Å². The molecular formula is C13H28N2O. The van der Waals surface area contributed by atoms with E-state index in [9.17, 15) is 4.79 Å². The largest absolute Gasteiger partial charge is 0.343 e. The van der Waals surface area contributed by atoms with Crippen LogP contribution < -0.4 is 5.73 Å². The first-order chi connectivity index (χ1) is 7.07. The Bertz CT molecular complexity index is 231. The number of hydrogen-bond acceptors (Lipinski definition) is 2. The van der Waals surface area contributed by atoms with Crippen LogP contribution in [0.25, 0.3) is 0 Å². The second-order valence-corrected chi connectivity index (χ2v) is 6.17. The lowest BCUT2D eigenvalue weighted by molar-refractivity contribution is -0.133. The molecule has 0 radical (unpaired) electrons. The summed E-state index contributed by atoms with van der Waals surface area (Å²) in [5.41, 5.74) is 6.00. The van der Waals surface area contributed by atoms with Crippen molar-refractivity contribution in [1.29, 1.82) is 0 Å². The SMILES string of the molecule is CC(C)C(C)N(C)C(=O)CC(N)C(C)(C)C. The van der Waals surface area contributed by atoms with E-state index in [2.05, 4.69) is 41.5 Å². The Morgan fingerprint density at radius 3 is 2.00 bits per heavy atom. The van der Waals surface area contributed by atoms with Crippen LogP contribution in [-0.4, -0.2) is 29.9 Å². The van der Waals surface area contributed by atoms with Crippen molar-refractivity contribution < 1.29 is 4.79 Å². The highest BCUT2D eigenvalue weighted by Crippen LogP contribution is 2.21. The fourth-order valence-electron chi connectivity index (χ4n) is 1.31. The molecule has 2 N–H and O–H groups in total. The molecule has 0 saturated carbocycles. The minimum absolute atomic E-state index is 0.0163. The minimum Gasteiger partial charge on any atom is -0.343 e. The summed E-state index contributed by atoms with van der Waals surface area (Å²) in [5.74, 6) is 0.614. The van der Waals surface area contributed by atoms with Crippen molar-refractivity contribution in [3.8, 4) is 0 Å². The minimum atomic E-state index is -0.0817. The summed E-state index contributed by atoms with van der Waals surface area (Å²) in [5, 5.41) is 0. The highest BCUT2D eigenvalue weighted by atomic mass is 16.2. The Labute approximate surface area is 100 Å². The van der Waals surface area contributed by atoms with Gasteiger partial charge in [0.1, 0.15) is 0 Å². The maximum atomic E-state index is 12.0. The third kappa shape index (κ3) is 4.52. The normalized spacial score (nSPS) is 16.1. The molecular weight excluding hydrogens is 200 g/mol. The van der Waals surface area contributed by atoms with Gasteiger partial charge in [-0.1, -0.05) is 34.6 Å². The Hall–Kier alpha value is -0.570. The molecule has 3 nitrogen and oxygen atoms in total. The zero-order chi connectivity index (χ0) is 13.1. The fourth-order valence-corrected chi connectivity index (χ4v) is 1.31. The van der Waals surface area contributed by atoms with Crippen molar-refractivity contribution in [1.82, 2.24) is 4.90 Å². The quantitative estimate of drug-likeness (QED) is 0.802. The van der Waals surface area contributed by atoms with Gasteiger partial charge in [-0.15, -0.1) is 0 Å². The van der Waals surface area contributed by atoms with Crippen LogP contribution in [-0.2, 0) is 4.79 Å². The van der Waals surface area contributed by atoms with Crippen LogP contribution in [0.4, 0.5) is 0 Å². The fraction of sp³-hybridized carbons (Fsp3) is 0.923. The first kappa shape index (κ1) is 15.4. The number of nitrogens with two attached hydrogens (primary N) is 1. The molecule has 0 heterocycles. The van der Waals surface area contributed by atoms with Gasteiger partial charge in [-0.25, -0.2) is 0 Å². The monoisotopic (exact) mass is 228 g/mol. The van der Waals surface area contributed by atoms with Crippen LogP contribution in [0.2, 0.25) is 0 Å². The van der Waals surface area contributed by atoms with Crippen molar-refractivity contribution >= 4 is 5.91 Å². The van der Waals surface area contributed by atoms with Gasteiger partial charge in [-0.05, 0) is 18.3 Å². The molecule has 0 aromatic carbocycles. The van der Waals surface area contributed by atoms with Crippen LogP contribution >= 0.6 is 0 Å². The van der Waals surface area contributed by atoms with Gasteiger partial charge in [0.15, 0.2) is 0 Å². The van der Waals surface area contributed by atoms with E-state index >= 15 is 0 Å². The van der Waals surface area contributed by atoms with E-state index in [1.807, 2.05) is 11.9 Å². The van der Waals surface area contributed by atoms with E-state index in [1.54, 1.807) is 0 Å². The summed E-state index contributed by atoms with van der Waals surface area (Å²) in [6.45, 7) is 12.5. The third-order valence-electron chi connectivity index (χ3n) is 3.48. The maximum absolute atomic E-state index is 12.0. The highest BCUT2D eigenvalue weighted by Gasteiger charge is 2.26. The smallest absolute Gasteiger partial charge is 0.224 e. The third-order valence-corrected chi connectivity index (χ3v) is 3.48. The second-order valence-electron chi connectivity index (χ2n) is 6.17. The van der Waals surface area contributed by atoms with Crippen LogP contribution in [0.15, 0.2) is 0 Å². The van der Waals surface area contributed by atoms with Gasteiger partial charge in [0, 0.05) is 25.6 Å². The van der Waals surface area contributed by atoms with E-state index in [4.69, 9.17) is 5.73 Å². The summed E-state index contributed by atoms with van der Waals surface area (Å²) in [6.07, 6.45) is 0.428. The molecule has 0 saturated heterocycles. The number of hydrogen-bond donors (Lipinski definition) is 1. The molecule has 0 bridgehead atoms. The summed E-state index contributed by atoms with van der Waals surface area (Å²) < 4.78 is 0. The number of amides is 1. The average Bonchev–Trinajstić information content (AvgIpc) is 2.13. The van der Waals surface area contributed by atoms with Crippen LogP contribution in [0.3, 0.4) is 0 Å². The second kappa shape index (κ2) is 5.67. The van der Waals surface area contributed by atoms with E-state index in [1.165, 1.54) is 0 Å². The molecule has 0 rings (SSSR count). The van der Waals surface area contributed by atoms with E-state index in [-0.39, 0.29) is 23.4 Å². The standard InChI is InChI=1S/C13H28N2O/c1-9(2)10(3)15(7)12(16)8-11(14)13(4,5)6/h9-11H,8,14H2,1-7H3. The van der Waals surface area contributed by atoms with Crippen molar-refractivity contribution in [2.24, 2.45) is 17.1 Å². The molecule has 16 heavy (non-hydrogen) atoms. The highest BCUT2D eigenvalue weighted by molar-refractivity contribution is 5.76. The van der Waals surface area contributed by atoms with Gasteiger partial charge < -0.3 is 10.6 Å². The Morgan fingerprint density at radius 2 is 1.69 bits per heavy atom. The zero-order valence-electron chi connectivity index (χ0n) is 11.9. The Kier molecular flexibility index (Phi) is 5.47. The lowest BCUT2D eigenvalue weighted by Crippen LogP contribution is -2.44.